The molecular weight excluding hydrogens is 413 g/mol. The largest absolute Gasteiger partial charge is 0.416 e. The lowest BCUT2D eigenvalue weighted by atomic mass is 10.1. The number of hydrogen-bond donors (Lipinski definition) is 2. The van der Waals surface area contributed by atoms with Crippen LogP contribution in [0.15, 0.2) is 40.5 Å². The van der Waals surface area contributed by atoms with Crippen molar-refractivity contribution < 1.29 is 18.3 Å². The standard InChI is InChI=1S/C19H14ClF3N2O2S/c1-9-16-12(5-4-11-17(16)10(20)7-15(27)24-11)25(8-14(26)19(21,22)23)18(9)13-3-2-6-28-13/h2-7,14,26H,8H2,1H3,(H,24,27). The molecule has 0 bridgehead atoms. The first kappa shape index (κ1) is 19.0. The van der Waals surface area contributed by atoms with Crippen molar-refractivity contribution in [1.29, 1.82) is 0 Å². The van der Waals surface area contributed by atoms with E-state index in [0.717, 1.165) is 10.4 Å². The van der Waals surface area contributed by atoms with Crippen molar-refractivity contribution in [2.24, 2.45) is 0 Å². The predicted molar refractivity (Wildman–Crippen MR) is 105 cm³/mol. The number of aryl methyl sites for hydroxylation is 1. The molecule has 4 rings (SSSR count). The van der Waals surface area contributed by atoms with Crippen molar-refractivity contribution in [3.63, 3.8) is 0 Å². The van der Waals surface area contributed by atoms with Gasteiger partial charge in [0, 0.05) is 22.4 Å². The van der Waals surface area contributed by atoms with Gasteiger partial charge in [-0.25, -0.2) is 0 Å². The molecule has 1 aromatic carbocycles. The molecule has 0 amide bonds. The van der Waals surface area contributed by atoms with Crippen LogP contribution in [-0.2, 0) is 6.54 Å². The normalized spacial score (nSPS) is 13.5. The molecule has 4 nitrogen and oxygen atoms in total. The second-order valence-corrected chi connectivity index (χ2v) is 7.84. The van der Waals surface area contributed by atoms with Crippen LogP contribution < -0.4 is 5.56 Å². The molecule has 146 valence electrons. The third-order valence-electron chi connectivity index (χ3n) is 4.72. The van der Waals surface area contributed by atoms with Crippen molar-refractivity contribution >= 4 is 44.7 Å². The average molecular weight is 427 g/mol. The Morgan fingerprint density at radius 2 is 2.04 bits per heavy atom. The van der Waals surface area contributed by atoms with Gasteiger partial charge in [0.1, 0.15) is 0 Å². The third-order valence-corrected chi connectivity index (χ3v) is 5.89. The van der Waals surface area contributed by atoms with E-state index < -0.39 is 18.8 Å². The number of benzene rings is 1. The van der Waals surface area contributed by atoms with Crippen LogP contribution in [0, 0.1) is 6.92 Å². The summed E-state index contributed by atoms with van der Waals surface area (Å²) in [6, 6.07) is 8.11. The fraction of sp³-hybridized carbons (Fsp3) is 0.211. The number of aromatic nitrogens is 2. The maximum Gasteiger partial charge on any atom is 0.416 e. The summed E-state index contributed by atoms with van der Waals surface area (Å²) in [5.41, 5.74) is 1.96. The van der Waals surface area contributed by atoms with Crippen LogP contribution >= 0.6 is 22.9 Å². The summed E-state index contributed by atoms with van der Waals surface area (Å²) in [4.78, 5) is 15.2. The molecule has 28 heavy (non-hydrogen) atoms. The Morgan fingerprint density at radius 1 is 1.29 bits per heavy atom. The zero-order chi connectivity index (χ0) is 20.2. The minimum absolute atomic E-state index is 0.221. The molecule has 9 heteroatoms. The fourth-order valence-corrected chi connectivity index (χ4v) is 4.67. The topological polar surface area (TPSA) is 58.0 Å². The van der Waals surface area contributed by atoms with Crippen molar-refractivity contribution in [3.8, 4) is 10.6 Å². The molecule has 0 spiro atoms. The van der Waals surface area contributed by atoms with Crippen molar-refractivity contribution in [2.45, 2.75) is 25.7 Å². The third kappa shape index (κ3) is 3.01. The summed E-state index contributed by atoms with van der Waals surface area (Å²) >= 11 is 7.71. The molecule has 2 N–H and O–H groups in total. The van der Waals surface area contributed by atoms with E-state index in [4.69, 9.17) is 11.6 Å². The van der Waals surface area contributed by atoms with Gasteiger partial charge in [-0.2, -0.15) is 13.2 Å². The second kappa shape index (κ2) is 6.65. The van der Waals surface area contributed by atoms with Crippen molar-refractivity contribution in [2.75, 3.05) is 0 Å². The molecule has 0 aliphatic heterocycles. The van der Waals surface area contributed by atoms with Gasteiger partial charge in [-0.3, -0.25) is 4.79 Å². The number of pyridine rings is 1. The van der Waals surface area contributed by atoms with Gasteiger partial charge in [-0.15, -0.1) is 11.3 Å². The average Bonchev–Trinajstić information content (AvgIpc) is 3.21. The molecule has 1 unspecified atom stereocenters. The first-order valence-corrected chi connectivity index (χ1v) is 9.57. The summed E-state index contributed by atoms with van der Waals surface area (Å²) in [7, 11) is 0. The number of fused-ring (bicyclic) bond motifs is 3. The predicted octanol–water partition coefficient (Wildman–Crippen LogP) is 5.10. The number of aliphatic hydroxyl groups excluding tert-OH is 1. The quantitative estimate of drug-likeness (QED) is 0.479. The summed E-state index contributed by atoms with van der Waals surface area (Å²) in [6.07, 6.45) is -7.25. The van der Waals surface area contributed by atoms with E-state index in [-0.39, 0.29) is 10.6 Å². The highest BCUT2D eigenvalue weighted by Crippen LogP contribution is 2.41. The Kier molecular flexibility index (Phi) is 4.52. The second-order valence-electron chi connectivity index (χ2n) is 6.48. The molecule has 0 saturated heterocycles. The van der Waals surface area contributed by atoms with Crippen LogP contribution in [0.4, 0.5) is 13.2 Å². The number of nitrogens with zero attached hydrogens (tertiary/aromatic N) is 1. The SMILES string of the molecule is Cc1c(-c2cccs2)n(CC(O)C(F)(F)F)c2ccc3[nH]c(=O)cc(Cl)c3c12. The van der Waals surface area contributed by atoms with Crippen molar-refractivity contribution in [3.05, 3.63) is 56.7 Å². The van der Waals surface area contributed by atoms with Crippen LogP contribution in [0.1, 0.15) is 5.56 Å². The van der Waals surface area contributed by atoms with Crippen LogP contribution in [0.2, 0.25) is 5.02 Å². The van der Waals surface area contributed by atoms with Crippen LogP contribution in [0.3, 0.4) is 0 Å². The number of rotatable bonds is 3. The Bertz CT molecular complexity index is 1240. The summed E-state index contributed by atoms with van der Waals surface area (Å²) in [5, 5.41) is 13.0. The summed E-state index contributed by atoms with van der Waals surface area (Å²) < 4.78 is 40.6. The minimum Gasteiger partial charge on any atom is -0.382 e. The zero-order valence-corrected chi connectivity index (χ0v) is 16.0. The molecule has 0 saturated carbocycles. The highest BCUT2D eigenvalue weighted by Gasteiger charge is 2.39. The van der Waals surface area contributed by atoms with Gasteiger partial charge in [-0.05, 0) is 36.1 Å². The van der Waals surface area contributed by atoms with Gasteiger partial charge < -0.3 is 14.7 Å². The Balaban J connectivity index is 2.10. The molecule has 0 fully saturated rings. The number of aromatic amines is 1. The number of alkyl halides is 3. The van der Waals surface area contributed by atoms with E-state index >= 15 is 0 Å². The molecule has 3 heterocycles. The molecular formula is C19H14ClF3N2O2S. The van der Waals surface area contributed by atoms with E-state index in [1.807, 2.05) is 17.5 Å². The summed E-state index contributed by atoms with van der Waals surface area (Å²) in [6.45, 7) is 1.16. The molecule has 0 aliphatic rings. The van der Waals surface area contributed by atoms with Gasteiger partial charge >= 0.3 is 6.18 Å². The van der Waals surface area contributed by atoms with E-state index in [1.54, 1.807) is 19.1 Å². The zero-order valence-electron chi connectivity index (χ0n) is 14.5. The summed E-state index contributed by atoms with van der Waals surface area (Å²) in [5.74, 6) is 0. The first-order chi connectivity index (χ1) is 13.2. The lowest BCUT2D eigenvalue weighted by Gasteiger charge is -2.18. The van der Waals surface area contributed by atoms with E-state index in [0.29, 0.717) is 27.5 Å². The van der Waals surface area contributed by atoms with E-state index in [1.165, 1.54) is 22.0 Å². The number of thiophene rings is 1. The van der Waals surface area contributed by atoms with Gasteiger partial charge in [0.05, 0.1) is 27.7 Å². The fourth-order valence-electron chi connectivity index (χ4n) is 3.54. The van der Waals surface area contributed by atoms with Gasteiger partial charge in [0.25, 0.3) is 0 Å². The lowest BCUT2D eigenvalue weighted by molar-refractivity contribution is -0.207. The molecule has 4 aromatic rings. The molecule has 0 aliphatic carbocycles. The van der Waals surface area contributed by atoms with Crippen molar-refractivity contribution in [1.82, 2.24) is 9.55 Å². The molecule has 0 radical (unpaired) electrons. The Morgan fingerprint density at radius 3 is 2.68 bits per heavy atom. The highest BCUT2D eigenvalue weighted by molar-refractivity contribution is 7.13. The smallest absolute Gasteiger partial charge is 0.382 e. The van der Waals surface area contributed by atoms with E-state index in [2.05, 4.69) is 4.98 Å². The van der Waals surface area contributed by atoms with Crippen LogP contribution in [0.5, 0.6) is 0 Å². The first-order valence-electron chi connectivity index (χ1n) is 8.31. The van der Waals surface area contributed by atoms with E-state index in [9.17, 15) is 23.1 Å². The van der Waals surface area contributed by atoms with Gasteiger partial charge in [-0.1, -0.05) is 17.7 Å². The number of halogens is 4. The number of aliphatic hydroxyl groups is 1. The maximum atomic E-state index is 13.1. The Labute approximate surface area is 165 Å². The van der Waals surface area contributed by atoms with Crippen LogP contribution in [-0.4, -0.2) is 26.9 Å². The Hall–Kier alpha value is -2.29. The number of H-pyrrole nitrogens is 1. The maximum absolute atomic E-state index is 13.1. The minimum atomic E-state index is -4.74. The molecule has 3 aromatic heterocycles. The van der Waals surface area contributed by atoms with Crippen LogP contribution in [0.25, 0.3) is 32.4 Å². The molecule has 1 atom stereocenters. The monoisotopic (exact) mass is 426 g/mol. The number of hydrogen-bond acceptors (Lipinski definition) is 3. The number of nitrogens with one attached hydrogen (secondary N) is 1. The highest BCUT2D eigenvalue weighted by atomic mass is 35.5. The lowest BCUT2D eigenvalue weighted by Crippen LogP contribution is -2.32. The van der Waals surface area contributed by atoms with Gasteiger partial charge in [0.15, 0.2) is 6.10 Å². The van der Waals surface area contributed by atoms with Gasteiger partial charge in [0.2, 0.25) is 5.56 Å².